The minimum Gasteiger partial charge on any atom is -0.330 e. The molecule has 3 heterocycles. The van der Waals surface area contributed by atoms with Gasteiger partial charge in [0.25, 0.3) is 5.91 Å². The molecule has 24 heavy (non-hydrogen) atoms. The summed E-state index contributed by atoms with van der Waals surface area (Å²) in [7, 11) is -3.42. The molecule has 8 nitrogen and oxygen atoms in total. The van der Waals surface area contributed by atoms with Crippen LogP contribution in [0.2, 0.25) is 0 Å². The molecular formula is C15H19N5O3S. The van der Waals surface area contributed by atoms with Gasteiger partial charge in [0.15, 0.2) is 9.84 Å². The molecular weight excluding hydrogens is 330 g/mol. The van der Waals surface area contributed by atoms with Crippen LogP contribution in [0.1, 0.15) is 47.1 Å². The zero-order chi connectivity index (χ0) is 17.3. The van der Waals surface area contributed by atoms with E-state index in [0.717, 1.165) is 19.1 Å². The summed E-state index contributed by atoms with van der Waals surface area (Å²) in [4.78, 5) is 22.8. The third-order valence-corrected chi connectivity index (χ3v) is 5.39. The molecule has 1 amide bonds. The monoisotopic (exact) mass is 349 g/mol. The Morgan fingerprint density at radius 2 is 2.12 bits per heavy atom. The van der Waals surface area contributed by atoms with Crippen molar-refractivity contribution in [3.63, 3.8) is 0 Å². The number of rotatable bonds is 3. The molecule has 1 saturated heterocycles. The molecule has 0 saturated carbocycles. The first-order chi connectivity index (χ1) is 11.4. The van der Waals surface area contributed by atoms with Gasteiger partial charge < -0.3 is 4.90 Å². The molecule has 0 radical (unpaired) electrons. The number of hydrogen-bond acceptors (Lipinski definition) is 6. The highest BCUT2D eigenvalue weighted by atomic mass is 32.2. The normalized spacial score (nSPS) is 18.6. The highest BCUT2D eigenvalue weighted by Gasteiger charge is 2.33. The number of aromatic amines is 1. The summed E-state index contributed by atoms with van der Waals surface area (Å²) in [6, 6.07) is -0.349. The van der Waals surface area contributed by atoms with Gasteiger partial charge in [-0.2, -0.15) is 5.10 Å². The molecule has 1 fully saturated rings. The summed E-state index contributed by atoms with van der Waals surface area (Å²) in [5.41, 5.74) is 1.51. The number of nitrogens with zero attached hydrogens (tertiary/aromatic N) is 4. The van der Waals surface area contributed by atoms with Gasteiger partial charge in [0.2, 0.25) is 0 Å². The molecule has 0 spiro atoms. The van der Waals surface area contributed by atoms with Crippen LogP contribution in [0.25, 0.3) is 0 Å². The van der Waals surface area contributed by atoms with Crippen molar-refractivity contribution in [3.8, 4) is 0 Å². The number of carbonyl (C=O) groups is 1. The van der Waals surface area contributed by atoms with E-state index in [1.54, 1.807) is 11.8 Å². The van der Waals surface area contributed by atoms with Gasteiger partial charge in [0.05, 0.1) is 29.2 Å². The van der Waals surface area contributed by atoms with Crippen molar-refractivity contribution < 1.29 is 13.2 Å². The number of piperidine rings is 1. The van der Waals surface area contributed by atoms with Gasteiger partial charge in [0.1, 0.15) is 11.2 Å². The third kappa shape index (κ3) is 3.03. The third-order valence-electron chi connectivity index (χ3n) is 4.27. The lowest BCUT2D eigenvalue weighted by atomic mass is 9.98. The van der Waals surface area contributed by atoms with Crippen molar-refractivity contribution in [2.45, 2.75) is 37.1 Å². The summed E-state index contributed by atoms with van der Waals surface area (Å²) >= 11 is 0. The van der Waals surface area contributed by atoms with Crippen molar-refractivity contribution in [2.24, 2.45) is 0 Å². The topological polar surface area (TPSA) is 109 Å². The maximum absolute atomic E-state index is 12.9. The first-order valence-electron chi connectivity index (χ1n) is 7.70. The Bertz CT molecular complexity index is 861. The summed E-state index contributed by atoms with van der Waals surface area (Å²) in [5.74, 6) is -0.188. The van der Waals surface area contributed by atoms with Crippen molar-refractivity contribution >= 4 is 15.7 Å². The van der Waals surface area contributed by atoms with Crippen LogP contribution in [0, 0.1) is 6.92 Å². The van der Waals surface area contributed by atoms with Crippen LogP contribution in [0.15, 0.2) is 23.6 Å². The molecule has 1 aliphatic heterocycles. The van der Waals surface area contributed by atoms with Crippen LogP contribution >= 0.6 is 0 Å². The molecule has 1 atom stereocenters. The molecule has 2 aromatic rings. The fourth-order valence-electron chi connectivity index (χ4n) is 3.05. The van der Waals surface area contributed by atoms with E-state index < -0.39 is 9.84 Å². The second kappa shape index (κ2) is 6.31. The van der Waals surface area contributed by atoms with E-state index >= 15 is 0 Å². The molecule has 0 aliphatic carbocycles. The standard InChI is InChI=1S/C15H19N5O3S/c1-10-11(7-16-9-17-10)15(21)20-6-4-3-5-12(20)14-13(8-18-19-14)24(2,22)23/h7-9,12H,3-6H2,1-2H3,(H,18,19). The summed E-state index contributed by atoms with van der Waals surface area (Å²) in [6.45, 7) is 2.31. The zero-order valence-corrected chi connectivity index (χ0v) is 14.4. The Morgan fingerprint density at radius 3 is 2.83 bits per heavy atom. The van der Waals surface area contributed by atoms with Crippen LogP contribution in [0.5, 0.6) is 0 Å². The molecule has 3 rings (SSSR count). The average Bonchev–Trinajstić information content (AvgIpc) is 3.04. The van der Waals surface area contributed by atoms with Gasteiger partial charge in [-0.25, -0.2) is 18.4 Å². The van der Waals surface area contributed by atoms with Crippen molar-refractivity contribution in [1.82, 2.24) is 25.1 Å². The van der Waals surface area contributed by atoms with Crippen LogP contribution in [-0.2, 0) is 9.84 Å². The number of nitrogens with one attached hydrogen (secondary N) is 1. The van der Waals surface area contributed by atoms with E-state index in [1.807, 2.05) is 0 Å². The molecule has 0 aromatic carbocycles. The van der Waals surface area contributed by atoms with E-state index in [9.17, 15) is 13.2 Å². The van der Waals surface area contributed by atoms with Gasteiger partial charge in [-0.15, -0.1) is 0 Å². The molecule has 0 bridgehead atoms. The first kappa shape index (κ1) is 16.6. The predicted molar refractivity (Wildman–Crippen MR) is 86.1 cm³/mol. The number of amides is 1. The van der Waals surface area contributed by atoms with Crippen molar-refractivity contribution in [3.05, 3.63) is 35.7 Å². The van der Waals surface area contributed by atoms with Gasteiger partial charge in [-0.05, 0) is 26.2 Å². The Balaban J connectivity index is 2.00. The van der Waals surface area contributed by atoms with E-state index in [-0.39, 0.29) is 16.8 Å². The van der Waals surface area contributed by atoms with Gasteiger partial charge in [-0.3, -0.25) is 9.89 Å². The summed E-state index contributed by atoms with van der Waals surface area (Å²) < 4.78 is 23.9. The van der Waals surface area contributed by atoms with Gasteiger partial charge in [0, 0.05) is 19.0 Å². The molecule has 1 unspecified atom stereocenters. The SMILES string of the molecule is Cc1ncncc1C(=O)N1CCCCC1c1[nH]ncc1S(C)(=O)=O. The number of aryl methyl sites for hydroxylation is 1. The molecule has 1 N–H and O–H groups in total. The second-order valence-electron chi connectivity index (χ2n) is 5.95. The Kier molecular flexibility index (Phi) is 4.35. The Morgan fingerprint density at radius 1 is 1.33 bits per heavy atom. The number of sulfone groups is 1. The lowest BCUT2D eigenvalue weighted by Crippen LogP contribution is -2.39. The molecule has 128 valence electrons. The van der Waals surface area contributed by atoms with E-state index in [2.05, 4.69) is 20.2 Å². The van der Waals surface area contributed by atoms with E-state index in [0.29, 0.717) is 29.9 Å². The largest absolute Gasteiger partial charge is 0.330 e. The molecule has 1 aliphatic rings. The molecule has 9 heteroatoms. The fourth-order valence-corrected chi connectivity index (χ4v) is 3.87. The minimum absolute atomic E-state index is 0.147. The Hall–Kier alpha value is -2.29. The van der Waals surface area contributed by atoms with Crippen LogP contribution in [-0.4, -0.2) is 52.2 Å². The number of likely N-dealkylation sites (tertiary alicyclic amines) is 1. The smallest absolute Gasteiger partial charge is 0.257 e. The summed E-state index contributed by atoms with van der Waals surface area (Å²) in [5, 5.41) is 6.66. The highest BCUT2D eigenvalue weighted by Crippen LogP contribution is 2.34. The lowest BCUT2D eigenvalue weighted by Gasteiger charge is -2.35. The average molecular weight is 349 g/mol. The highest BCUT2D eigenvalue weighted by molar-refractivity contribution is 7.90. The van der Waals surface area contributed by atoms with Gasteiger partial charge in [-0.1, -0.05) is 0 Å². The fraction of sp³-hybridized carbons (Fsp3) is 0.467. The number of carbonyl (C=O) groups excluding carboxylic acids is 1. The predicted octanol–water partition coefficient (Wildman–Crippen LogP) is 1.28. The summed E-state index contributed by atoms with van der Waals surface area (Å²) in [6.07, 6.45) is 7.82. The maximum Gasteiger partial charge on any atom is 0.257 e. The molecule has 2 aromatic heterocycles. The van der Waals surface area contributed by atoms with E-state index in [1.165, 1.54) is 18.7 Å². The van der Waals surface area contributed by atoms with Crippen LogP contribution in [0.3, 0.4) is 0 Å². The van der Waals surface area contributed by atoms with E-state index in [4.69, 9.17) is 0 Å². The number of H-pyrrole nitrogens is 1. The Labute approximate surface area is 140 Å². The number of aromatic nitrogens is 4. The lowest BCUT2D eigenvalue weighted by molar-refractivity contribution is 0.0600. The van der Waals surface area contributed by atoms with Crippen LogP contribution < -0.4 is 0 Å². The first-order valence-corrected chi connectivity index (χ1v) is 9.59. The van der Waals surface area contributed by atoms with Crippen molar-refractivity contribution in [2.75, 3.05) is 12.8 Å². The van der Waals surface area contributed by atoms with Gasteiger partial charge >= 0.3 is 0 Å². The minimum atomic E-state index is -3.42. The van der Waals surface area contributed by atoms with Crippen LogP contribution in [0.4, 0.5) is 0 Å². The zero-order valence-electron chi connectivity index (χ0n) is 13.6. The quantitative estimate of drug-likeness (QED) is 0.894. The maximum atomic E-state index is 12.9. The number of hydrogen-bond donors (Lipinski definition) is 1. The second-order valence-corrected chi connectivity index (χ2v) is 7.94. The van der Waals surface area contributed by atoms with Crippen molar-refractivity contribution in [1.29, 1.82) is 0 Å².